The molecule has 1 aliphatic rings. The lowest BCUT2D eigenvalue weighted by molar-refractivity contribution is 0.142. The molecule has 1 aliphatic heterocycles. The third-order valence-electron chi connectivity index (χ3n) is 5.96. The number of urea groups is 1. The predicted octanol–water partition coefficient (Wildman–Crippen LogP) is 4.27. The van der Waals surface area contributed by atoms with Crippen LogP contribution in [0.5, 0.6) is 0 Å². The molecule has 1 N–H and O–H groups in total. The number of nitrogens with one attached hydrogen (secondary N) is 1. The molecular formula is C24H22ClFN6O2S. The summed E-state index contributed by atoms with van der Waals surface area (Å²) in [5.74, 6) is -0.396. The first-order chi connectivity index (χ1) is 16.9. The average molecular weight is 513 g/mol. The Balaban J connectivity index is 1.24. The molecule has 0 saturated carbocycles. The van der Waals surface area contributed by atoms with Gasteiger partial charge in [0.2, 0.25) is 4.96 Å². The lowest BCUT2D eigenvalue weighted by atomic mass is 10.2. The first kappa shape index (κ1) is 23.4. The molecule has 5 rings (SSSR count). The van der Waals surface area contributed by atoms with Gasteiger partial charge in [-0.05, 0) is 36.8 Å². The topological polar surface area (TPSA) is 82.8 Å². The number of fused-ring (bicyclic) bond motifs is 1. The van der Waals surface area contributed by atoms with Crippen molar-refractivity contribution in [1.29, 1.82) is 0 Å². The molecule has 180 valence electrons. The standard InChI is InChI=1S/C24H22ClFN6O2S/c1-15-18(25)6-4-8-20(15)28-23(34)31-11-9-30(10-12-31)14-16-13-21(33)32-24(27-16)35-22(29-32)17-5-2-3-7-19(17)26/h2-8,13H,9-12,14H2,1H3,(H,28,34). The van der Waals surface area contributed by atoms with E-state index in [9.17, 15) is 14.0 Å². The molecule has 2 aromatic heterocycles. The number of aromatic nitrogens is 3. The minimum Gasteiger partial charge on any atom is -0.322 e. The van der Waals surface area contributed by atoms with Crippen LogP contribution in [0.2, 0.25) is 5.02 Å². The van der Waals surface area contributed by atoms with Crippen LogP contribution in [-0.4, -0.2) is 56.6 Å². The normalized spacial score (nSPS) is 14.4. The van der Waals surface area contributed by atoms with E-state index in [2.05, 4.69) is 20.3 Å². The fourth-order valence-electron chi connectivity index (χ4n) is 3.96. The molecule has 3 heterocycles. The van der Waals surface area contributed by atoms with E-state index >= 15 is 0 Å². The highest BCUT2D eigenvalue weighted by molar-refractivity contribution is 7.19. The van der Waals surface area contributed by atoms with Crippen molar-refractivity contribution in [3.05, 3.63) is 81.0 Å². The lowest BCUT2D eigenvalue weighted by Gasteiger charge is -2.34. The number of halogens is 2. The van der Waals surface area contributed by atoms with Crippen LogP contribution < -0.4 is 10.9 Å². The van der Waals surface area contributed by atoms with E-state index in [4.69, 9.17) is 11.6 Å². The Morgan fingerprint density at radius 1 is 1.14 bits per heavy atom. The largest absolute Gasteiger partial charge is 0.322 e. The van der Waals surface area contributed by atoms with Gasteiger partial charge in [0.15, 0.2) is 5.01 Å². The van der Waals surface area contributed by atoms with Gasteiger partial charge in [-0.2, -0.15) is 9.61 Å². The predicted molar refractivity (Wildman–Crippen MR) is 135 cm³/mol. The molecule has 0 atom stereocenters. The fourth-order valence-corrected chi connectivity index (χ4v) is 5.08. The van der Waals surface area contributed by atoms with Crippen LogP contribution in [0.1, 0.15) is 11.3 Å². The van der Waals surface area contributed by atoms with Crippen molar-refractivity contribution in [3.63, 3.8) is 0 Å². The zero-order valence-corrected chi connectivity index (χ0v) is 20.4. The Labute approximate surface area is 209 Å². The number of carbonyl (C=O) groups excluding carboxylic acids is 1. The Morgan fingerprint density at radius 2 is 1.91 bits per heavy atom. The second kappa shape index (κ2) is 9.73. The summed E-state index contributed by atoms with van der Waals surface area (Å²) in [6, 6.07) is 13.0. The molecule has 1 saturated heterocycles. The van der Waals surface area contributed by atoms with E-state index in [0.717, 1.165) is 5.56 Å². The summed E-state index contributed by atoms with van der Waals surface area (Å²) in [5, 5.41) is 8.19. The molecule has 2 amide bonds. The highest BCUT2D eigenvalue weighted by Crippen LogP contribution is 2.27. The monoisotopic (exact) mass is 512 g/mol. The van der Waals surface area contributed by atoms with E-state index in [1.54, 1.807) is 35.2 Å². The van der Waals surface area contributed by atoms with Gasteiger partial charge in [-0.25, -0.2) is 14.2 Å². The van der Waals surface area contributed by atoms with Crippen LogP contribution in [-0.2, 0) is 6.54 Å². The van der Waals surface area contributed by atoms with Crippen molar-refractivity contribution in [1.82, 2.24) is 24.4 Å². The number of hydrogen-bond donors (Lipinski definition) is 1. The summed E-state index contributed by atoms with van der Waals surface area (Å²) < 4.78 is 15.4. The number of hydrogen-bond acceptors (Lipinski definition) is 6. The molecule has 0 bridgehead atoms. The van der Waals surface area contributed by atoms with Crippen molar-refractivity contribution >= 4 is 39.6 Å². The number of rotatable bonds is 4. The molecule has 2 aromatic carbocycles. The van der Waals surface area contributed by atoms with E-state index in [1.807, 2.05) is 13.0 Å². The third-order valence-corrected chi connectivity index (χ3v) is 7.31. The molecule has 11 heteroatoms. The summed E-state index contributed by atoms with van der Waals surface area (Å²) >= 11 is 7.32. The number of anilines is 1. The maximum atomic E-state index is 14.2. The fraction of sp³-hybridized carbons (Fsp3) is 0.250. The number of nitrogens with zero attached hydrogens (tertiary/aromatic N) is 5. The minimum atomic E-state index is -0.396. The molecule has 4 aromatic rings. The number of piperazine rings is 1. The Hall–Kier alpha value is -3.34. The lowest BCUT2D eigenvalue weighted by Crippen LogP contribution is -2.49. The quantitative estimate of drug-likeness (QED) is 0.441. The van der Waals surface area contributed by atoms with E-state index in [0.29, 0.717) is 64.7 Å². The molecule has 0 aliphatic carbocycles. The summed E-state index contributed by atoms with van der Waals surface area (Å²) in [5.41, 5.74) is 2.17. The van der Waals surface area contributed by atoms with Crippen LogP contribution in [0.25, 0.3) is 15.5 Å². The maximum absolute atomic E-state index is 14.2. The Kier molecular flexibility index (Phi) is 6.50. The van der Waals surface area contributed by atoms with Crippen LogP contribution in [0, 0.1) is 12.7 Å². The maximum Gasteiger partial charge on any atom is 0.321 e. The first-order valence-electron chi connectivity index (χ1n) is 11.1. The van der Waals surface area contributed by atoms with Gasteiger partial charge in [-0.3, -0.25) is 9.69 Å². The van der Waals surface area contributed by atoms with E-state index in [-0.39, 0.29) is 11.6 Å². The molecule has 0 spiro atoms. The van der Waals surface area contributed by atoms with Crippen molar-refractivity contribution in [2.45, 2.75) is 13.5 Å². The van der Waals surface area contributed by atoms with Crippen LogP contribution in [0.4, 0.5) is 14.9 Å². The van der Waals surface area contributed by atoms with E-state index in [1.165, 1.54) is 28.0 Å². The van der Waals surface area contributed by atoms with Crippen LogP contribution >= 0.6 is 22.9 Å². The summed E-state index contributed by atoms with van der Waals surface area (Å²) in [6.45, 7) is 4.72. The van der Waals surface area contributed by atoms with Gasteiger partial charge in [-0.1, -0.05) is 41.1 Å². The molecule has 35 heavy (non-hydrogen) atoms. The van der Waals surface area contributed by atoms with Gasteiger partial charge in [0.05, 0.1) is 5.69 Å². The highest BCUT2D eigenvalue weighted by atomic mass is 35.5. The smallest absolute Gasteiger partial charge is 0.321 e. The molecular weight excluding hydrogens is 491 g/mol. The summed E-state index contributed by atoms with van der Waals surface area (Å²) in [6.07, 6.45) is 0. The SMILES string of the molecule is Cc1c(Cl)cccc1NC(=O)N1CCN(Cc2cc(=O)n3nc(-c4ccccc4F)sc3n2)CC1. The highest BCUT2D eigenvalue weighted by Gasteiger charge is 2.23. The van der Waals surface area contributed by atoms with Gasteiger partial charge < -0.3 is 10.2 Å². The van der Waals surface area contributed by atoms with Crippen molar-refractivity contribution in [3.8, 4) is 10.6 Å². The van der Waals surface area contributed by atoms with Gasteiger partial charge in [0, 0.05) is 55.1 Å². The van der Waals surface area contributed by atoms with Crippen LogP contribution in [0.15, 0.2) is 53.3 Å². The van der Waals surface area contributed by atoms with Crippen LogP contribution in [0.3, 0.4) is 0 Å². The van der Waals surface area contributed by atoms with Crippen molar-refractivity contribution < 1.29 is 9.18 Å². The third kappa shape index (κ3) is 4.90. The zero-order chi connectivity index (χ0) is 24.5. The van der Waals surface area contributed by atoms with Crippen molar-refractivity contribution in [2.24, 2.45) is 0 Å². The van der Waals surface area contributed by atoms with Gasteiger partial charge >= 0.3 is 6.03 Å². The van der Waals surface area contributed by atoms with Gasteiger partial charge in [0.25, 0.3) is 5.56 Å². The summed E-state index contributed by atoms with van der Waals surface area (Å²) in [4.78, 5) is 34.2. The van der Waals surface area contributed by atoms with Gasteiger partial charge in [0.1, 0.15) is 5.82 Å². The summed E-state index contributed by atoms with van der Waals surface area (Å²) in [7, 11) is 0. The van der Waals surface area contributed by atoms with Crippen molar-refractivity contribution in [2.75, 3.05) is 31.5 Å². The number of amides is 2. The zero-order valence-electron chi connectivity index (χ0n) is 18.9. The second-order valence-electron chi connectivity index (χ2n) is 8.27. The molecule has 0 radical (unpaired) electrons. The number of benzene rings is 2. The molecule has 8 nitrogen and oxygen atoms in total. The first-order valence-corrected chi connectivity index (χ1v) is 12.3. The number of carbonyl (C=O) groups is 1. The van der Waals surface area contributed by atoms with E-state index < -0.39 is 5.82 Å². The Bertz CT molecular complexity index is 1460. The second-order valence-corrected chi connectivity index (χ2v) is 9.64. The minimum absolute atomic E-state index is 0.168. The Morgan fingerprint density at radius 3 is 2.69 bits per heavy atom. The van der Waals surface area contributed by atoms with Gasteiger partial charge in [-0.15, -0.1) is 0 Å². The molecule has 0 unspecified atom stereocenters. The molecule has 1 fully saturated rings. The average Bonchev–Trinajstić information content (AvgIpc) is 3.27.